The molecule has 0 radical (unpaired) electrons. The third-order valence-electron chi connectivity index (χ3n) is 3.99. The van der Waals surface area contributed by atoms with E-state index in [1.54, 1.807) is 0 Å². The first kappa shape index (κ1) is 12.4. The van der Waals surface area contributed by atoms with Gasteiger partial charge in [-0.2, -0.15) is 0 Å². The minimum atomic E-state index is 0.205. The quantitative estimate of drug-likeness (QED) is 0.905. The van der Waals surface area contributed by atoms with Crippen molar-refractivity contribution in [2.24, 2.45) is 0 Å². The summed E-state index contributed by atoms with van der Waals surface area (Å²) in [5.74, 6) is 3.67. The largest absolute Gasteiger partial charge is 0.493 e. The lowest BCUT2D eigenvalue weighted by Crippen LogP contribution is -2.21. The van der Waals surface area contributed by atoms with Crippen molar-refractivity contribution in [3.63, 3.8) is 0 Å². The Morgan fingerprint density at radius 1 is 1.14 bits per heavy atom. The van der Waals surface area contributed by atoms with Gasteiger partial charge in [-0.25, -0.2) is 9.97 Å². The number of nitrogens with one attached hydrogen (secondary N) is 1. The standard InChI is InChI=1S/C16H18N4O/c17-14-9-15(20-16(19-14)10-5-6-10)18-12-7-8-21-13-4-2-1-3-11(12)13/h1-4,9-10,12H,5-8H2,(H3,17,18,19,20). The van der Waals surface area contributed by atoms with Crippen molar-refractivity contribution in [3.05, 3.63) is 41.7 Å². The van der Waals surface area contributed by atoms with Crippen molar-refractivity contribution in [3.8, 4) is 5.75 Å². The van der Waals surface area contributed by atoms with Gasteiger partial charge in [-0.15, -0.1) is 0 Å². The molecule has 1 atom stereocenters. The lowest BCUT2D eigenvalue weighted by Gasteiger charge is -2.27. The molecule has 2 aliphatic rings. The summed E-state index contributed by atoms with van der Waals surface area (Å²) in [6.45, 7) is 0.713. The van der Waals surface area contributed by atoms with Gasteiger partial charge >= 0.3 is 0 Å². The molecule has 1 aromatic heterocycles. The summed E-state index contributed by atoms with van der Waals surface area (Å²) in [4.78, 5) is 8.95. The predicted octanol–water partition coefficient (Wildman–Crippen LogP) is 2.87. The van der Waals surface area contributed by atoms with Gasteiger partial charge in [0.25, 0.3) is 0 Å². The first-order chi connectivity index (χ1) is 10.3. The SMILES string of the molecule is Nc1cc(NC2CCOc3ccccc32)nc(C2CC2)n1. The van der Waals surface area contributed by atoms with Crippen LogP contribution in [0.3, 0.4) is 0 Å². The van der Waals surface area contributed by atoms with Gasteiger partial charge in [0.15, 0.2) is 0 Å². The Balaban J connectivity index is 1.62. The number of para-hydroxylation sites is 1. The molecule has 0 bridgehead atoms. The van der Waals surface area contributed by atoms with Crippen LogP contribution in [-0.4, -0.2) is 16.6 Å². The Hall–Kier alpha value is -2.30. The highest BCUT2D eigenvalue weighted by molar-refractivity contribution is 5.49. The van der Waals surface area contributed by atoms with E-state index in [1.165, 1.54) is 18.4 Å². The molecule has 1 unspecified atom stereocenters. The van der Waals surface area contributed by atoms with Gasteiger partial charge in [-0.1, -0.05) is 18.2 Å². The van der Waals surface area contributed by atoms with Crippen LogP contribution in [-0.2, 0) is 0 Å². The molecular weight excluding hydrogens is 264 g/mol. The number of anilines is 2. The van der Waals surface area contributed by atoms with Crippen LogP contribution in [0, 0.1) is 0 Å². The minimum Gasteiger partial charge on any atom is -0.493 e. The summed E-state index contributed by atoms with van der Waals surface area (Å²) in [6.07, 6.45) is 3.26. The molecule has 1 aliphatic heterocycles. The zero-order valence-corrected chi connectivity index (χ0v) is 11.7. The second-order valence-electron chi connectivity index (χ2n) is 5.68. The topological polar surface area (TPSA) is 73.1 Å². The molecule has 0 spiro atoms. The summed E-state index contributed by atoms with van der Waals surface area (Å²) in [5, 5.41) is 3.49. The summed E-state index contributed by atoms with van der Waals surface area (Å²) in [7, 11) is 0. The number of benzene rings is 1. The third kappa shape index (κ3) is 2.51. The summed E-state index contributed by atoms with van der Waals surface area (Å²) in [6, 6.07) is 10.1. The Bertz CT molecular complexity index is 669. The van der Waals surface area contributed by atoms with Crippen LogP contribution in [0.4, 0.5) is 11.6 Å². The smallest absolute Gasteiger partial charge is 0.136 e. The Morgan fingerprint density at radius 2 is 2.00 bits per heavy atom. The number of nitrogens with two attached hydrogens (primary N) is 1. The molecule has 1 aromatic carbocycles. The number of nitrogens with zero attached hydrogens (tertiary/aromatic N) is 2. The molecule has 2 heterocycles. The van der Waals surface area contributed by atoms with E-state index < -0.39 is 0 Å². The van der Waals surface area contributed by atoms with Crippen LogP contribution in [0.5, 0.6) is 5.75 Å². The highest BCUT2D eigenvalue weighted by Gasteiger charge is 2.28. The zero-order valence-electron chi connectivity index (χ0n) is 11.7. The van der Waals surface area contributed by atoms with Gasteiger partial charge in [0.2, 0.25) is 0 Å². The molecule has 1 fully saturated rings. The minimum absolute atomic E-state index is 0.205. The van der Waals surface area contributed by atoms with Gasteiger partial charge in [-0.05, 0) is 18.9 Å². The Kier molecular flexibility index (Phi) is 2.91. The molecule has 5 heteroatoms. The molecule has 1 aliphatic carbocycles. The van der Waals surface area contributed by atoms with Crippen LogP contribution < -0.4 is 15.8 Å². The van der Waals surface area contributed by atoms with Gasteiger partial charge in [0.05, 0.1) is 12.6 Å². The molecule has 0 saturated heterocycles. The molecular formula is C16H18N4O. The molecule has 3 N–H and O–H groups in total. The first-order valence-electron chi connectivity index (χ1n) is 7.42. The molecule has 4 rings (SSSR count). The lowest BCUT2D eigenvalue weighted by molar-refractivity contribution is 0.274. The van der Waals surface area contributed by atoms with E-state index in [-0.39, 0.29) is 6.04 Å². The first-order valence-corrected chi connectivity index (χ1v) is 7.42. The fraction of sp³-hybridized carbons (Fsp3) is 0.375. The van der Waals surface area contributed by atoms with Crippen LogP contribution >= 0.6 is 0 Å². The summed E-state index contributed by atoms with van der Waals surface area (Å²) >= 11 is 0. The fourth-order valence-electron chi connectivity index (χ4n) is 2.75. The average Bonchev–Trinajstić information content (AvgIpc) is 3.32. The highest BCUT2D eigenvalue weighted by Crippen LogP contribution is 2.39. The average molecular weight is 282 g/mol. The van der Waals surface area contributed by atoms with Crippen molar-refractivity contribution >= 4 is 11.6 Å². The van der Waals surface area contributed by atoms with E-state index in [1.807, 2.05) is 24.3 Å². The predicted molar refractivity (Wildman–Crippen MR) is 81.3 cm³/mol. The number of hydrogen-bond acceptors (Lipinski definition) is 5. The molecule has 1 saturated carbocycles. The third-order valence-corrected chi connectivity index (χ3v) is 3.99. The molecule has 108 valence electrons. The number of ether oxygens (including phenoxy) is 1. The maximum Gasteiger partial charge on any atom is 0.136 e. The van der Waals surface area contributed by atoms with E-state index in [4.69, 9.17) is 10.5 Å². The molecule has 2 aromatic rings. The van der Waals surface area contributed by atoms with Gasteiger partial charge in [-0.3, -0.25) is 0 Å². The van der Waals surface area contributed by atoms with Crippen molar-refractivity contribution < 1.29 is 4.74 Å². The second-order valence-corrected chi connectivity index (χ2v) is 5.68. The summed E-state index contributed by atoms with van der Waals surface area (Å²) < 4.78 is 5.69. The zero-order chi connectivity index (χ0) is 14.2. The van der Waals surface area contributed by atoms with Crippen LogP contribution in [0.2, 0.25) is 0 Å². The van der Waals surface area contributed by atoms with E-state index >= 15 is 0 Å². The number of rotatable bonds is 3. The molecule has 0 amide bonds. The fourth-order valence-corrected chi connectivity index (χ4v) is 2.75. The Labute approximate surface area is 123 Å². The van der Waals surface area contributed by atoms with Crippen LogP contribution in [0.25, 0.3) is 0 Å². The maximum atomic E-state index is 5.91. The maximum absolute atomic E-state index is 5.91. The van der Waals surface area contributed by atoms with Gasteiger partial charge in [0, 0.05) is 24.0 Å². The van der Waals surface area contributed by atoms with Crippen molar-refractivity contribution in [2.75, 3.05) is 17.7 Å². The van der Waals surface area contributed by atoms with Crippen molar-refractivity contribution in [2.45, 2.75) is 31.2 Å². The highest BCUT2D eigenvalue weighted by atomic mass is 16.5. The van der Waals surface area contributed by atoms with Crippen molar-refractivity contribution in [1.82, 2.24) is 9.97 Å². The molecule has 5 nitrogen and oxygen atoms in total. The normalized spacial score (nSPS) is 20.5. The van der Waals surface area contributed by atoms with Crippen LogP contribution in [0.15, 0.2) is 30.3 Å². The number of fused-ring (bicyclic) bond motifs is 1. The van der Waals surface area contributed by atoms with Gasteiger partial charge in [0.1, 0.15) is 23.2 Å². The Morgan fingerprint density at radius 3 is 2.86 bits per heavy atom. The number of aromatic nitrogens is 2. The van der Waals surface area contributed by atoms with E-state index in [0.29, 0.717) is 18.3 Å². The van der Waals surface area contributed by atoms with E-state index in [9.17, 15) is 0 Å². The van der Waals surface area contributed by atoms with Gasteiger partial charge < -0.3 is 15.8 Å². The summed E-state index contributed by atoms with van der Waals surface area (Å²) in [5.41, 5.74) is 7.08. The second kappa shape index (κ2) is 4.91. The van der Waals surface area contributed by atoms with E-state index in [2.05, 4.69) is 21.4 Å². The van der Waals surface area contributed by atoms with E-state index in [0.717, 1.165) is 23.8 Å². The monoisotopic (exact) mass is 282 g/mol. The lowest BCUT2D eigenvalue weighted by atomic mass is 10.0. The number of nitrogen functional groups attached to an aromatic ring is 1. The molecule has 21 heavy (non-hydrogen) atoms. The van der Waals surface area contributed by atoms with Crippen LogP contribution in [0.1, 0.15) is 42.6 Å². The van der Waals surface area contributed by atoms with Crippen molar-refractivity contribution in [1.29, 1.82) is 0 Å². The number of hydrogen-bond donors (Lipinski definition) is 2.